The van der Waals surface area contributed by atoms with E-state index in [1.807, 2.05) is 0 Å². The molecule has 2 atom stereocenters. The van der Waals surface area contributed by atoms with Crippen molar-refractivity contribution >= 4 is 28.8 Å². The molecule has 0 radical (unpaired) electrons. The minimum Gasteiger partial charge on any atom is -0.506 e. The van der Waals surface area contributed by atoms with Crippen LogP contribution in [0.1, 0.15) is 42.4 Å². The molecule has 0 fully saturated rings. The van der Waals surface area contributed by atoms with Crippen LogP contribution >= 0.6 is 0 Å². The SMILES string of the molecule is CC(=O)OCOC(=O)CC(C)NCC(O)c1ccc(O)c2[nH]c(C(=O)O)cc12. The first-order valence-corrected chi connectivity index (χ1v) is 8.47. The predicted octanol–water partition coefficient (Wildman–Crippen LogP) is 1.04. The Balaban J connectivity index is 1.96. The van der Waals surface area contributed by atoms with Crippen molar-refractivity contribution in [2.75, 3.05) is 13.3 Å². The molecule has 0 saturated heterocycles. The highest BCUT2D eigenvalue weighted by Gasteiger charge is 2.19. The monoisotopic (exact) mass is 394 g/mol. The van der Waals surface area contributed by atoms with Gasteiger partial charge in [0.15, 0.2) is 0 Å². The zero-order valence-electron chi connectivity index (χ0n) is 15.4. The second kappa shape index (κ2) is 9.20. The number of aliphatic hydroxyl groups is 1. The maximum absolute atomic E-state index is 11.6. The van der Waals surface area contributed by atoms with Crippen molar-refractivity contribution in [3.8, 4) is 5.75 Å². The summed E-state index contributed by atoms with van der Waals surface area (Å²) in [7, 11) is 0. The number of carbonyl (C=O) groups excluding carboxylic acids is 2. The molecule has 0 spiro atoms. The number of aliphatic hydroxyl groups excluding tert-OH is 1. The number of rotatable bonds is 9. The summed E-state index contributed by atoms with van der Waals surface area (Å²) in [5.74, 6) is -2.44. The Kier molecular flexibility index (Phi) is 6.96. The second-order valence-corrected chi connectivity index (χ2v) is 6.25. The summed E-state index contributed by atoms with van der Waals surface area (Å²) in [5.41, 5.74) is 0.534. The highest BCUT2D eigenvalue weighted by molar-refractivity contribution is 5.97. The van der Waals surface area contributed by atoms with Crippen molar-refractivity contribution in [1.29, 1.82) is 0 Å². The van der Waals surface area contributed by atoms with E-state index in [1.165, 1.54) is 25.1 Å². The van der Waals surface area contributed by atoms with Crippen molar-refractivity contribution in [3.63, 3.8) is 0 Å². The lowest BCUT2D eigenvalue weighted by Gasteiger charge is -2.17. The fourth-order valence-corrected chi connectivity index (χ4v) is 2.61. The summed E-state index contributed by atoms with van der Waals surface area (Å²) < 4.78 is 9.25. The topological polar surface area (TPSA) is 158 Å². The highest BCUT2D eigenvalue weighted by Crippen LogP contribution is 2.31. The van der Waals surface area contributed by atoms with Crippen molar-refractivity contribution in [2.24, 2.45) is 0 Å². The minimum absolute atomic E-state index is 0.00765. The lowest BCUT2D eigenvalue weighted by Crippen LogP contribution is -2.33. The second-order valence-electron chi connectivity index (χ2n) is 6.25. The number of phenols is 1. The van der Waals surface area contributed by atoms with Gasteiger partial charge >= 0.3 is 17.9 Å². The van der Waals surface area contributed by atoms with Gasteiger partial charge in [0.2, 0.25) is 6.79 Å². The molecule has 1 aromatic carbocycles. The van der Waals surface area contributed by atoms with Crippen molar-refractivity contribution in [2.45, 2.75) is 32.4 Å². The third-order valence-electron chi connectivity index (χ3n) is 4.01. The van der Waals surface area contributed by atoms with E-state index in [0.717, 1.165) is 0 Å². The fourth-order valence-electron chi connectivity index (χ4n) is 2.61. The first-order valence-electron chi connectivity index (χ1n) is 8.47. The van der Waals surface area contributed by atoms with Crippen LogP contribution in [-0.4, -0.2) is 57.6 Å². The van der Waals surface area contributed by atoms with Crippen LogP contribution in [0.3, 0.4) is 0 Å². The number of aromatic amines is 1. The van der Waals surface area contributed by atoms with E-state index < -0.39 is 30.8 Å². The summed E-state index contributed by atoms with van der Waals surface area (Å²) in [5, 5.41) is 32.8. The number of phenolic OH excluding ortho intramolecular Hbond substituents is 1. The molecule has 28 heavy (non-hydrogen) atoms. The molecule has 1 heterocycles. The number of hydrogen-bond acceptors (Lipinski definition) is 8. The highest BCUT2D eigenvalue weighted by atomic mass is 16.7. The molecule has 0 aliphatic carbocycles. The molecule has 10 heteroatoms. The molecule has 2 rings (SSSR count). The quantitative estimate of drug-likeness (QED) is 0.309. The van der Waals surface area contributed by atoms with Crippen LogP contribution in [0.25, 0.3) is 10.9 Å². The Morgan fingerprint density at radius 1 is 1.25 bits per heavy atom. The number of carboxylic acids is 1. The van der Waals surface area contributed by atoms with Gasteiger partial charge in [-0.05, 0) is 24.6 Å². The lowest BCUT2D eigenvalue weighted by atomic mass is 10.0. The Hall–Kier alpha value is -3.11. The van der Waals surface area contributed by atoms with E-state index in [0.29, 0.717) is 10.9 Å². The Labute approximate surface area is 160 Å². The molecule has 1 aromatic heterocycles. The lowest BCUT2D eigenvalue weighted by molar-refractivity contribution is -0.165. The van der Waals surface area contributed by atoms with Crippen LogP contribution in [0, 0.1) is 0 Å². The van der Waals surface area contributed by atoms with Crippen molar-refractivity contribution in [3.05, 3.63) is 29.5 Å². The van der Waals surface area contributed by atoms with Gasteiger partial charge in [-0.2, -0.15) is 0 Å². The third kappa shape index (κ3) is 5.44. The number of aromatic nitrogens is 1. The fraction of sp³-hybridized carbons (Fsp3) is 0.389. The number of hydrogen-bond donors (Lipinski definition) is 5. The summed E-state index contributed by atoms with van der Waals surface area (Å²) in [6.07, 6.45) is -1.02. The van der Waals surface area contributed by atoms with Gasteiger partial charge < -0.3 is 35.1 Å². The molecule has 5 N–H and O–H groups in total. The number of fused-ring (bicyclic) bond motifs is 1. The Bertz CT molecular complexity index is 876. The molecule has 0 saturated carbocycles. The zero-order valence-corrected chi connectivity index (χ0v) is 15.4. The van der Waals surface area contributed by atoms with Gasteiger partial charge in [-0.25, -0.2) is 4.79 Å². The van der Waals surface area contributed by atoms with Gasteiger partial charge in [-0.3, -0.25) is 9.59 Å². The van der Waals surface area contributed by atoms with Gasteiger partial charge in [-0.15, -0.1) is 0 Å². The largest absolute Gasteiger partial charge is 0.506 e. The molecule has 0 bridgehead atoms. The van der Waals surface area contributed by atoms with E-state index in [2.05, 4.69) is 15.0 Å². The number of aromatic hydroxyl groups is 1. The average Bonchev–Trinajstić information content (AvgIpc) is 3.06. The van der Waals surface area contributed by atoms with Crippen LogP contribution in [0.15, 0.2) is 18.2 Å². The molecule has 2 unspecified atom stereocenters. The summed E-state index contributed by atoms with van der Waals surface area (Å²) >= 11 is 0. The van der Waals surface area contributed by atoms with Gasteiger partial charge in [0.25, 0.3) is 0 Å². The Morgan fingerprint density at radius 3 is 2.61 bits per heavy atom. The number of carbonyl (C=O) groups is 3. The molecule has 2 aromatic rings. The molecule has 0 aliphatic rings. The number of benzene rings is 1. The number of H-pyrrole nitrogens is 1. The van der Waals surface area contributed by atoms with Crippen molar-refractivity contribution < 1.29 is 39.2 Å². The number of nitrogens with one attached hydrogen (secondary N) is 2. The zero-order chi connectivity index (χ0) is 20.8. The third-order valence-corrected chi connectivity index (χ3v) is 4.01. The van der Waals surface area contributed by atoms with Gasteiger partial charge in [0.1, 0.15) is 11.4 Å². The molecular formula is C18H22N2O8. The van der Waals surface area contributed by atoms with E-state index in [1.54, 1.807) is 6.92 Å². The van der Waals surface area contributed by atoms with Crippen LogP contribution < -0.4 is 5.32 Å². The van der Waals surface area contributed by atoms with Gasteiger partial charge in [0.05, 0.1) is 18.0 Å². The van der Waals surface area contributed by atoms with Gasteiger partial charge in [0, 0.05) is 24.9 Å². The van der Waals surface area contributed by atoms with E-state index in [9.17, 15) is 24.6 Å². The van der Waals surface area contributed by atoms with Crippen LogP contribution in [0.2, 0.25) is 0 Å². The molecule has 10 nitrogen and oxygen atoms in total. The Morgan fingerprint density at radius 2 is 1.96 bits per heavy atom. The average molecular weight is 394 g/mol. The van der Waals surface area contributed by atoms with Crippen LogP contribution in [0.5, 0.6) is 5.75 Å². The normalized spacial score (nSPS) is 13.1. The number of carboxylic acid groups (broad SMARTS) is 1. The van der Waals surface area contributed by atoms with Crippen molar-refractivity contribution in [1.82, 2.24) is 10.3 Å². The number of aromatic carboxylic acids is 1. The van der Waals surface area contributed by atoms with E-state index in [4.69, 9.17) is 9.84 Å². The van der Waals surface area contributed by atoms with Gasteiger partial charge in [-0.1, -0.05) is 6.07 Å². The molecule has 0 amide bonds. The number of esters is 2. The number of ether oxygens (including phenoxy) is 2. The smallest absolute Gasteiger partial charge is 0.352 e. The standard InChI is InChI=1S/C18H22N2O8/c1-9(5-16(24)28-8-27-10(2)21)19-7-15(23)11-3-4-14(22)17-12(11)6-13(20-17)18(25)26/h3-4,6,9,15,19-20,22-23H,5,7-8H2,1-2H3,(H,25,26). The molecule has 0 aliphatic heterocycles. The summed E-state index contributed by atoms with van der Waals surface area (Å²) in [6.45, 7) is 2.54. The first kappa shape index (κ1) is 21.2. The summed E-state index contributed by atoms with van der Waals surface area (Å²) in [6, 6.07) is 3.86. The first-order chi connectivity index (χ1) is 13.2. The maximum atomic E-state index is 11.6. The van der Waals surface area contributed by atoms with Crippen LogP contribution in [0.4, 0.5) is 0 Å². The molecule has 152 valence electrons. The minimum atomic E-state index is -1.19. The predicted molar refractivity (Wildman–Crippen MR) is 96.7 cm³/mol. The van der Waals surface area contributed by atoms with Crippen LogP contribution in [-0.2, 0) is 19.1 Å². The van der Waals surface area contributed by atoms with E-state index >= 15 is 0 Å². The summed E-state index contributed by atoms with van der Waals surface area (Å²) in [4.78, 5) is 36.0. The van der Waals surface area contributed by atoms with E-state index in [-0.39, 0.29) is 36.0 Å². The maximum Gasteiger partial charge on any atom is 0.352 e. The molecular weight excluding hydrogens is 372 g/mol.